The Kier molecular flexibility index (Phi) is 5.79. The molecule has 7 nitrogen and oxygen atoms in total. The van der Waals surface area contributed by atoms with Crippen LogP contribution >= 0.6 is 0 Å². The maximum absolute atomic E-state index is 12.4. The molecule has 0 radical (unpaired) electrons. The van der Waals surface area contributed by atoms with E-state index in [9.17, 15) is 20.2 Å². The van der Waals surface area contributed by atoms with E-state index in [1.807, 2.05) is 25.1 Å². The number of rotatable bonds is 5. The van der Waals surface area contributed by atoms with Gasteiger partial charge in [0.05, 0.1) is 4.92 Å². The molecule has 0 atom stereocenters. The van der Waals surface area contributed by atoms with Crippen LogP contribution in [0, 0.1) is 42.2 Å². The lowest BCUT2D eigenvalue weighted by Gasteiger charge is -2.05. The third-order valence-electron chi connectivity index (χ3n) is 4.71. The molecule has 0 aliphatic carbocycles. The van der Waals surface area contributed by atoms with Crippen LogP contribution in [0.3, 0.4) is 0 Å². The van der Waals surface area contributed by atoms with Crippen LogP contribution in [0.15, 0.2) is 58.5 Å². The Hall–Kier alpha value is -4.18. The molecule has 0 spiro atoms. The molecular formula is C23H19N3O4. The van der Waals surface area contributed by atoms with Crippen molar-refractivity contribution in [2.75, 3.05) is 5.32 Å². The highest BCUT2D eigenvalue weighted by molar-refractivity contribution is 6.09. The maximum atomic E-state index is 12.4. The third kappa shape index (κ3) is 4.45. The van der Waals surface area contributed by atoms with Crippen LogP contribution < -0.4 is 5.32 Å². The molecular weight excluding hydrogens is 382 g/mol. The molecule has 0 bridgehead atoms. The molecule has 7 heteroatoms. The van der Waals surface area contributed by atoms with Crippen LogP contribution in [0.25, 0.3) is 17.4 Å². The number of benzene rings is 2. The van der Waals surface area contributed by atoms with E-state index in [4.69, 9.17) is 4.42 Å². The number of carbonyl (C=O) groups is 1. The van der Waals surface area contributed by atoms with Gasteiger partial charge in [-0.15, -0.1) is 0 Å². The summed E-state index contributed by atoms with van der Waals surface area (Å²) in [5.74, 6) is 0.145. The van der Waals surface area contributed by atoms with Crippen molar-refractivity contribution in [3.05, 3.63) is 86.7 Å². The fourth-order valence-corrected chi connectivity index (χ4v) is 2.88. The summed E-state index contributed by atoms with van der Waals surface area (Å²) < 4.78 is 5.72. The van der Waals surface area contributed by atoms with Gasteiger partial charge in [-0.1, -0.05) is 17.7 Å². The second-order valence-corrected chi connectivity index (χ2v) is 6.89. The van der Waals surface area contributed by atoms with Gasteiger partial charge in [-0.3, -0.25) is 14.9 Å². The third-order valence-corrected chi connectivity index (χ3v) is 4.71. The van der Waals surface area contributed by atoms with Crippen molar-refractivity contribution < 1.29 is 14.1 Å². The number of anilines is 1. The number of hydrogen-bond donors (Lipinski definition) is 1. The Labute approximate surface area is 173 Å². The summed E-state index contributed by atoms with van der Waals surface area (Å²) in [6.07, 6.45) is 1.34. The van der Waals surface area contributed by atoms with Crippen molar-refractivity contribution >= 4 is 23.4 Å². The number of aryl methyl sites for hydroxylation is 2. The molecule has 1 N–H and O–H groups in total. The minimum atomic E-state index is -0.555. The molecule has 1 amide bonds. The van der Waals surface area contributed by atoms with E-state index in [1.165, 1.54) is 12.1 Å². The number of amides is 1. The van der Waals surface area contributed by atoms with Crippen molar-refractivity contribution in [1.29, 1.82) is 5.26 Å². The predicted octanol–water partition coefficient (Wildman–Crippen LogP) is 5.33. The number of nitrogens with zero attached hydrogens (tertiary/aromatic N) is 2. The van der Waals surface area contributed by atoms with Gasteiger partial charge in [0.1, 0.15) is 23.2 Å². The van der Waals surface area contributed by atoms with Crippen LogP contribution in [-0.2, 0) is 4.79 Å². The SMILES string of the molecule is Cc1ccc(NC(=O)/C(C#N)=C\c2ccc(-c3cc(C)c(C)c([N+](=O)[O-])c3)o2)cc1. The number of hydrogen-bond acceptors (Lipinski definition) is 5. The molecule has 0 saturated carbocycles. The van der Waals surface area contributed by atoms with Gasteiger partial charge in [0, 0.05) is 29.0 Å². The molecule has 3 aromatic rings. The van der Waals surface area contributed by atoms with E-state index in [0.29, 0.717) is 28.3 Å². The molecule has 1 aromatic heterocycles. The molecule has 0 fully saturated rings. The van der Waals surface area contributed by atoms with Crippen molar-refractivity contribution in [3.63, 3.8) is 0 Å². The Bertz CT molecular complexity index is 1200. The van der Waals surface area contributed by atoms with Gasteiger partial charge in [0.2, 0.25) is 0 Å². The fourth-order valence-electron chi connectivity index (χ4n) is 2.88. The highest BCUT2D eigenvalue weighted by atomic mass is 16.6. The maximum Gasteiger partial charge on any atom is 0.273 e. The monoisotopic (exact) mass is 401 g/mol. The largest absolute Gasteiger partial charge is 0.457 e. The molecule has 0 unspecified atom stereocenters. The second-order valence-electron chi connectivity index (χ2n) is 6.89. The summed E-state index contributed by atoms with van der Waals surface area (Å²) in [6.45, 7) is 5.42. The van der Waals surface area contributed by atoms with E-state index in [-0.39, 0.29) is 11.3 Å². The highest BCUT2D eigenvalue weighted by Gasteiger charge is 2.17. The lowest BCUT2D eigenvalue weighted by Crippen LogP contribution is -2.13. The number of nitro groups is 1. The van der Waals surface area contributed by atoms with Crippen LogP contribution in [0.4, 0.5) is 11.4 Å². The second kappa shape index (κ2) is 8.45. The van der Waals surface area contributed by atoms with E-state index in [1.54, 1.807) is 44.2 Å². The molecule has 1 heterocycles. The van der Waals surface area contributed by atoms with Gasteiger partial charge in [0.15, 0.2) is 0 Å². The summed E-state index contributed by atoms with van der Waals surface area (Å²) in [7, 11) is 0. The van der Waals surface area contributed by atoms with E-state index in [2.05, 4.69) is 5.32 Å². The number of nitro benzene ring substituents is 1. The topological polar surface area (TPSA) is 109 Å². The summed E-state index contributed by atoms with van der Waals surface area (Å²) in [6, 6.07) is 15.6. The molecule has 150 valence electrons. The first-order chi connectivity index (χ1) is 14.3. The van der Waals surface area contributed by atoms with Crippen LogP contribution in [-0.4, -0.2) is 10.8 Å². The zero-order chi connectivity index (χ0) is 21.8. The molecule has 30 heavy (non-hydrogen) atoms. The van der Waals surface area contributed by atoms with Gasteiger partial charge < -0.3 is 9.73 Å². The van der Waals surface area contributed by atoms with Crippen LogP contribution in [0.2, 0.25) is 0 Å². The van der Waals surface area contributed by atoms with Crippen molar-refractivity contribution in [3.8, 4) is 17.4 Å². The fraction of sp³-hybridized carbons (Fsp3) is 0.130. The van der Waals surface area contributed by atoms with Gasteiger partial charge in [-0.25, -0.2) is 0 Å². The Morgan fingerprint density at radius 2 is 1.83 bits per heavy atom. The average Bonchev–Trinajstić information content (AvgIpc) is 3.18. The quantitative estimate of drug-likeness (QED) is 0.269. The van der Waals surface area contributed by atoms with Crippen molar-refractivity contribution in [2.24, 2.45) is 0 Å². The number of nitrogens with one attached hydrogen (secondary N) is 1. The van der Waals surface area contributed by atoms with Crippen LogP contribution in [0.1, 0.15) is 22.5 Å². The van der Waals surface area contributed by atoms with Gasteiger partial charge in [0.25, 0.3) is 11.6 Å². The predicted molar refractivity (Wildman–Crippen MR) is 114 cm³/mol. The Morgan fingerprint density at radius 3 is 2.47 bits per heavy atom. The van der Waals surface area contributed by atoms with E-state index >= 15 is 0 Å². The van der Waals surface area contributed by atoms with Crippen LogP contribution in [0.5, 0.6) is 0 Å². The molecule has 0 aliphatic rings. The normalized spacial score (nSPS) is 11.1. The molecule has 3 rings (SSSR count). The van der Waals surface area contributed by atoms with E-state index < -0.39 is 10.8 Å². The summed E-state index contributed by atoms with van der Waals surface area (Å²) >= 11 is 0. The van der Waals surface area contributed by atoms with Crippen molar-refractivity contribution in [2.45, 2.75) is 20.8 Å². The lowest BCUT2D eigenvalue weighted by atomic mass is 10.0. The van der Waals surface area contributed by atoms with Crippen molar-refractivity contribution in [1.82, 2.24) is 0 Å². The standard InChI is InChI=1S/C23H19N3O4/c1-14-4-6-19(7-5-14)25-23(27)18(13-24)11-20-8-9-22(30-20)17-10-15(2)16(3)21(12-17)26(28)29/h4-12H,1-3H3,(H,25,27)/b18-11-. The van der Waals surface area contributed by atoms with Gasteiger partial charge in [-0.2, -0.15) is 5.26 Å². The molecule has 0 saturated heterocycles. The first-order valence-electron chi connectivity index (χ1n) is 9.14. The van der Waals surface area contributed by atoms with Gasteiger partial charge >= 0.3 is 0 Å². The average molecular weight is 401 g/mol. The zero-order valence-electron chi connectivity index (χ0n) is 16.7. The minimum absolute atomic E-state index is 0.00804. The Balaban J connectivity index is 1.87. The number of carbonyl (C=O) groups excluding carboxylic acids is 1. The molecule has 2 aromatic carbocycles. The summed E-state index contributed by atoms with van der Waals surface area (Å²) in [5.41, 5.74) is 3.43. The van der Waals surface area contributed by atoms with E-state index in [0.717, 1.165) is 11.1 Å². The first kappa shape index (κ1) is 20.6. The zero-order valence-corrected chi connectivity index (χ0v) is 16.7. The highest BCUT2D eigenvalue weighted by Crippen LogP contribution is 2.31. The van der Waals surface area contributed by atoms with Gasteiger partial charge in [-0.05, 0) is 56.7 Å². The Morgan fingerprint density at radius 1 is 1.13 bits per heavy atom. The summed E-state index contributed by atoms with van der Waals surface area (Å²) in [4.78, 5) is 23.2. The number of nitriles is 1. The number of furan rings is 1. The molecule has 0 aliphatic heterocycles. The lowest BCUT2D eigenvalue weighted by molar-refractivity contribution is -0.385. The summed E-state index contributed by atoms with van der Waals surface area (Å²) in [5, 5.41) is 23.3. The minimum Gasteiger partial charge on any atom is -0.457 e. The first-order valence-corrected chi connectivity index (χ1v) is 9.14. The smallest absolute Gasteiger partial charge is 0.273 e.